The molecule has 10 nitrogen and oxygen atoms in total. The quantitative estimate of drug-likeness (QED) is 0.166. The molecule has 3 N–H and O–H groups in total. The van der Waals surface area contributed by atoms with Gasteiger partial charge >= 0.3 is 0 Å². The summed E-state index contributed by atoms with van der Waals surface area (Å²) in [6.45, 7) is 0.698. The Kier molecular flexibility index (Phi) is 10.5. The minimum atomic E-state index is -0.370. The van der Waals surface area contributed by atoms with Crippen LogP contribution in [0.25, 0.3) is 11.3 Å². The SMILES string of the molecule is N#Cc1ccc(OC2CCC(NC(=O)Cc3ccc(-c4cn(CCCCCC(=O)NO)nn4)cc3)CC2)cc1Cl. The van der Waals surface area contributed by atoms with E-state index in [1.807, 2.05) is 36.5 Å². The predicted molar refractivity (Wildman–Crippen MR) is 149 cm³/mol. The zero-order valence-corrected chi connectivity index (χ0v) is 22.9. The van der Waals surface area contributed by atoms with Crippen LogP contribution >= 0.6 is 11.6 Å². The van der Waals surface area contributed by atoms with Crippen molar-refractivity contribution in [2.75, 3.05) is 0 Å². The summed E-state index contributed by atoms with van der Waals surface area (Å²) in [5, 5.41) is 29.5. The fourth-order valence-electron chi connectivity index (χ4n) is 4.77. The molecule has 0 aliphatic heterocycles. The molecule has 1 fully saturated rings. The van der Waals surface area contributed by atoms with Crippen molar-refractivity contribution in [3.8, 4) is 23.1 Å². The van der Waals surface area contributed by atoms with Crippen LogP contribution in [-0.4, -0.2) is 44.2 Å². The maximum Gasteiger partial charge on any atom is 0.243 e. The average molecular weight is 565 g/mol. The fourth-order valence-corrected chi connectivity index (χ4v) is 4.98. The Morgan fingerprint density at radius 2 is 1.85 bits per heavy atom. The Bertz CT molecular complexity index is 1330. The van der Waals surface area contributed by atoms with E-state index in [0.29, 0.717) is 42.1 Å². The number of nitrogens with zero attached hydrogens (tertiary/aromatic N) is 4. The molecule has 0 saturated heterocycles. The zero-order chi connectivity index (χ0) is 28.3. The third-order valence-corrected chi connectivity index (χ3v) is 7.28. The Morgan fingerprint density at radius 1 is 1.07 bits per heavy atom. The van der Waals surface area contributed by atoms with E-state index in [9.17, 15) is 9.59 Å². The van der Waals surface area contributed by atoms with E-state index in [1.165, 1.54) is 0 Å². The summed E-state index contributed by atoms with van der Waals surface area (Å²) in [7, 11) is 0. The number of carbonyl (C=O) groups is 2. The number of hydroxylamine groups is 1. The van der Waals surface area contributed by atoms with E-state index in [4.69, 9.17) is 26.8 Å². The molecule has 1 aliphatic rings. The second-order valence-corrected chi connectivity index (χ2v) is 10.4. The van der Waals surface area contributed by atoms with Crippen LogP contribution in [0.3, 0.4) is 0 Å². The Hall–Kier alpha value is -3.94. The van der Waals surface area contributed by atoms with Crippen LogP contribution in [0.5, 0.6) is 5.75 Å². The van der Waals surface area contributed by atoms with Crippen molar-refractivity contribution in [3.63, 3.8) is 0 Å². The first-order chi connectivity index (χ1) is 19.4. The lowest BCUT2D eigenvalue weighted by Gasteiger charge is -2.29. The van der Waals surface area contributed by atoms with Gasteiger partial charge in [0.15, 0.2) is 0 Å². The lowest BCUT2D eigenvalue weighted by atomic mass is 9.92. The molecule has 1 aliphatic carbocycles. The molecule has 1 saturated carbocycles. The number of benzene rings is 2. The number of hydrogen-bond donors (Lipinski definition) is 3. The van der Waals surface area contributed by atoms with Gasteiger partial charge in [-0.25, -0.2) is 5.48 Å². The van der Waals surface area contributed by atoms with Crippen LogP contribution < -0.4 is 15.5 Å². The van der Waals surface area contributed by atoms with Crippen molar-refractivity contribution >= 4 is 23.4 Å². The molecular weight excluding hydrogens is 532 g/mol. The van der Waals surface area contributed by atoms with Crippen LogP contribution in [0.1, 0.15) is 62.5 Å². The molecule has 0 radical (unpaired) electrons. The third-order valence-electron chi connectivity index (χ3n) is 6.97. The van der Waals surface area contributed by atoms with Gasteiger partial charge in [-0.05, 0) is 56.2 Å². The van der Waals surface area contributed by atoms with Crippen LogP contribution in [-0.2, 0) is 22.6 Å². The molecule has 0 atom stereocenters. The van der Waals surface area contributed by atoms with Crippen LogP contribution in [0.15, 0.2) is 48.7 Å². The number of halogens is 1. The van der Waals surface area contributed by atoms with Crippen LogP contribution in [0, 0.1) is 11.3 Å². The Labute approximate surface area is 238 Å². The van der Waals surface area contributed by atoms with Gasteiger partial charge in [0.2, 0.25) is 11.8 Å². The molecule has 2 aromatic carbocycles. The molecule has 0 bridgehead atoms. The number of nitriles is 1. The number of carbonyl (C=O) groups excluding carboxylic acids is 2. The molecule has 1 heterocycles. The van der Waals surface area contributed by atoms with Crippen molar-refractivity contribution in [2.24, 2.45) is 0 Å². The molecule has 210 valence electrons. The first-order valence-corrected chi connectivity index (χ1v) is 13.9. The number of aryl methyl sites for hydroxylation is 1. The van der Waals surface area contributed by atoms with Gasteiger partial charge in [-0.3, -0.25) is 19.5 Å². The zero-order valence-electron chi connectivity index (χ0n) is 22.2. The van der Waals surface area contributed by atoms with Crippen LogP contribution in [0.2, 0.25) is 5.02 Å². The summed E-state index contributed by atoms with van der Waals surface area (Å²) in [5.41, 5.74) is 4.68. The van der Waals surface area contributed by atoms with E-state index < -0.39 is 0 Å². The minimum Gasteiger partial charge on any atom is -0.490 e. The standard InChI is InChI=1S/C29H33ClN6O4/c30-26-17-25(12-9-22(26)18-31)40-24-13-10-23(11-14-24)32-29(38)16-20-5-7-21(8-6-20)27-19-36(35-33-27)15-3-1-2-4-28(37)34-39/h5-9,12,17,19,23-24,39H,1-4,10-11,13-16H2,(H,32,38)(H,34,37). The number of rotatable bonds is 12. The van der Waals surface area contributed by atoms with Gasteiger partial charge in [-0.1, -0.05) is 47.5 Å². The number of ether oxygens (including phenoxy) is 1. The highest BCUT2D eigenvalue weighted by Gasteiger charge is 2.24. The number of nitrogens with one attached hydrogen (secondary N) is 2. The number of amides is 2. The van der Waals surface area contributed by atoms with Gasteiger partial charge in [0.1, 0.15) is 17.5 Å². The maximum atomic E-state index is 12.7. The molecule has 2 amide bonds. The van der Waals surface area contributed by atoms with Gasteiger partial charge in [0.25, 0.3) is 0 Å². The van der Waals surface area contributed by atoms with Gasteiger partial charge in [0.05, 0.1) is 29.3 Å². The molecule has 0 unspecified atom stereocenters. The van der Waals surface area contributed by atoms with Crippen LogP contribution in [0.4, 0.5) is 0 Å². The number of unbranched alkanes of at least 4 members (excludes halogenated alkanes) is 2. The van der Waals surface area contributed by atoms with Crippen molar-refractivity contribution < 1.29 is 19.5 Å². The summed E-state index contributed by atoms with van der Waals surface area (Å²) < 4.78 is 7.82. The highest BCUT2D eigenvalue weighted by molar-refractivity contribution is 6.31. The molecule has 0 spiro atoms. The van der Waals surface area contributed by atoms with Gasteiger partial charge in [-0.2, -0.15) is 5.26 Å². The van der Waals surface area contributed by atoms with Crippen molar-refractivity contribution in [1.82, 2.24) is 25.8 Å². The summed E-state index contributed by atoms with van der Waals surface area (Å²) >= 11 is 6.10. The van der Waals surface area contributed by atoms with E-state index >= 15 is 0 Å². The highest BCUT2D eigenvalue weighted by Crippen LogP contribution is 2.27. The Morgan fingerprint density at radius 3 is 2.55 bits per heavy atom. The Balaban J connectivity index is 1.17. The van der Waals surface area contributed by atoms with Crippen molar-refractivity contribution in [3.05, 3.63) is 64.8 Å². The smallest absolute Gasteiger partial charge is 0.243 e. The molecule has 1 aromatic heterocycles. The first-order valence-electron chi connectivity index (χ1n) is 13.5. The van der Waals surface area contributed by atoms with E-state index in [2.05, 4.69) is 15.6 Å². The first kappa shape index (κ1) is 29.1. The summed E-state index contributed by atoms with van der Waals surface area (Å²) in [4.78, 5) is 23.7. The van der Waals surface area contributed by atoms with E-state index in [-0.39, 0.29) is 24.0 Å². The second-order valence-electron chi connectivity index (χ2n) is 10.00. The average Bonchev–Trinajstić information content (AvgIpc) is 3.43. The lowest BCUT2D eigenvalue weighted by molar-refractivity contribution is -0.129. The molecule has 40 heavy (non-hydrogen) atoms. The monoisotopic (exact) mass is 564 g/mol. The second kappa shape index (κ2) is 14.4. The predicted octanol–water partition coefficient (Wildman–Crippen LogP) is 4.58. The molecular formula is C29H33ClN6O4. The lowest BCUT2D eigenvalue weighted by Crippen LogP contribution is -2.40. The van der Waals surface area contributed by atoms with Gasteiger partial charge in [-0.15, -0.1) is 5.10 Å². The summed E-state index contributed by atoms with van der Waals surface area (Å²) in [6, 6.07) is 15.0. The maximum absolute atomic E-state index is 12.7. The largest absolute Gasteiger partial charge is 0.490 e. The number of aromatic nitrogens is 3. The molecule has 11 heteroatoms. The van der Waals surface area contributed by atoms with Gasteiger partial charge < -0.3 is 10.1 Å². The number of hydrogen-bond acceptors (Lipinski definition) is 7. The molecule has 3 aromatic rings. The third kappa shape index (κ3) is 8.53. The van der Waals surface area contributed by atoms with E-state index in [0.717, 1.165) is 55.3 Å². The minimum absolute atomic E-state index is 0.00148. The molecule has 4 rings (SSSR count). The van der Waals surface area contributed by atoms with Crippen molar-refractivity contribution in [2.45, 2.75) is 76.5 Å². The topological polar surface area (TPSA) is 142 Å². The fraction of sp³-hybridized carbons (Fsp3) is 0.414. The normalized spacial score (nSPS) is 16.6. The van der Waals surface area contributed by atoms with Gasteiger partial charge in [0, 0.05) is 30.6 Å². The van der Waals surface area contributed by atoms with E-state index in [1.54, 1.807) is 28.4 Å². The summed E-state index contributed by atoms with van der Waals surface area (Å²) in [6.07, 6.45) is 8.31. The van der Waals surface area contributed by atoms with Crippen molar-refractivity contribution in [1.29, 1.82) is 5.26 Å². The summed E-state index contributed by atoms with van der Waals surface area (Å²) in [5.74, 6) is 0.285. The highest BCUT2D eigenvalue weighted by atomic mass is 35.5.